The van der Waals surface area contributed by atoms with Gasteiger partial charge in [0.2, 0.25) is 5.91 Å². The van der Waals surface area contributed by atoms with E-state index in [-0.39, 0.29) is 24.4 Å². The van der Waals surface area contributed by atoms with Gasteiger partial charge in [-0.3, -0.25) is 4.79 Å². The molecule has 0 spiro atoms. The first-order chi connectivity index (χ1) is 11.4. The normalized spacial score (nSPS) is 21.8. The molecule has 3 atom stereocenters. The largest absolute Gasteiger partial charge is 0.445 e. The minimum Gasteiger partial charge on any atom is -0.445 e. The molecule has 0 radical (unpaired) electrons. The number of hydrogen-bond acceptors (Lipinski definition) is 4. The van der Waals surface area contributed by atoms with Gasteiger partial charge in [-0.2, -0.15) is 0 Å². The van der Waals surface area contributed by atoms with Crippen LogP contribution in [0.2, 0.25) is 0 Å². The number of cyclic esters (lactones) is 1. The van der Waals surface area contributed by atoms with Crippen molar-refractivity contribution in [3.05, 3.63) is 35.9 Å². The summed E-state index contributed by atoms with van der Waals surface area (Å²) in [6.07, 6.45) is 0.905. The summed E-state index contributed by atoms with van der Waals surface area (Å²) in [4.78, 5) is 38.2. The highest BCUT2D eigenvalue weighted by Gasteiger charge is 2.35. The lowest BCUT2D eigenvalue weighted by molar-refractivity contribution is -0.135. The van der Waals surface area contributed by atoms with Gasteiger partial charge >= 0.3 is 6.09 Å². The summed E-state index contributed by atoms with van der Waals surface area (Å²) >= 11 is 0. The van der Waals surface area contributed by atoms with Crippen molar-refractivity contribution in [2.24, 2.45) is 0 Å². The quantitative estimate of drug-likeness (QED) is 0.750. The summed E-state index contributed by atoms with van der Waals surface area (Å²) < 4.78 is 5.38. The van der Waals surface area contributed by atoms with Crippen molar-refractivity contribution in [1.29, 1.82) is 0 Å². The number of aldehydes is 1. The van der Waals surface area contributed by atoms with Gasteiger partial charge < -0.3 is 19.3 Å². The molecule has 2 amide bonds. The molecular formula is C18H24N2O4. The van der Waals surface area contributed by atoms with Crippen LogP contribution in [0.15, 0.2) is 30.3 Å². The van der Waals surface area contributed by atoms with E-state index in [1.807, 2.05) is 37.3 Å². The summed E-state index contributed by atoms with van der Waals surface area (Å²) in [5, 5.41) is 0. The first-order valence-corrected chi connectivity index (χ1v) is 8.11. The zero-order chi connectivity index (χ0) is 17.7. The molecule has 0 aliphatic carbocycles. The van der Waals surface area contributed by atoms with E-state index in [4.69, 9.17) is 4.74 Å². The Balaban J connectivity index is 2.05. The first-order valence-electron chi connectivity index (χ1n) is 8.11. The van der Waals surface area contributed by atoms with Gasteiger partial charge in [0.25, 0.3) is 0 Å². The van der Waals surface area contributed by atoms with Crippen molar-refractivity contribution in [2.75, 3.05) is 14.1 Å². The van der Waals surface area contributed by atoms with E-state index >= 15 is 0 Å². The molecule has 6 nitrogen and oxygen atoms in total. The van der Waals surface area contributed by atoms with Gasteiger partial charge in [-0.25, -0.2) is 4.79 Å². The van der Waals surface area contributed by atoms with Crippen LogP contribution in [0, 0.1) is 0 Å². The molecule has 0 aromatic heterocycles. The molecule has 130 valence electrons. The van der Waals surface area contributed by atoms with Gasteiger partial charge in [-0.15, -0.1) is 0 Å². The molecular weight excluding hydrogens is 308 g/mol. The van der Waals surface area contributed by atoms with Crippen LogP contribution in [0.25, 0.3) is 0 Å². The number of nitrogens with zero attached hydrogens (tertiary/aromatic N) is 2. The molecule has 1 heterocycles. The lowest BCUT2D eigenvalue weighted by Crippen LogP contribution is -2.44. The van der Waals surface area contributed by atoms with E-state index in [0.29, 0.717) is 12.8 Å². The second-order valence-corrected chi connectivity index (χ2v) is 6.24. The Kier molecular flexibility index (Phi) is 5.95. The molecule has 0 N–H and O–H groups in total. The van der Waals surface area contributed by atoms with Crippen molar-refractivity contribution in [3.8, 4) is 0 Å². The van der Waals surface area contributed by atoms with Crippen molar-refractivity contribution >= 4 is 18.3 Å². The second kappa shape index (κ2) is 7.95. The highest BCUT2D eigenvalue weighted by molar-refractivity contribution is 5.78. The Labute approximate surface area is 142 Å². The number of amides is 2. The van der Waals surface area contributed by atoms with E-state index in [0.717, 1.165) is 11.8 Å². The number of hydrogen-bond donors (Lipinski definition) is 0. The average molecular weight is 332 g/mol. The van der Waals surface area contributed by atoms with Crippen LogP contribution in [0.1, 0.15) is 37.8 Å². The Hall–Kier alpha value is -2.37. The van der Waals surface area contributed by atoms with E-state index < -0.39 is 12.2 Å². The zero-order valence-electron chi connectivity index (χ0n) is 14.3. The second-order valence-electron chi connectivity index (χ2n) is 6.24. The lowest BCUT2D eigenvalue weighted by Gasteiger charge is -2.37. The molecule has 1 fully saturated rings. The van der Waals surface area contributed by atoms with Crippen LogP contribution in [0.4, 0.5) is 4.79 Å². The van der Waals surface area contributed by atoms with Crippen LogP contribution in [0.5, 0.6) is 0 Å². The van der Waals surface area contributed by atoms with E-state index in [2.05, 4.69) is 0 Å². The minimum absolute atomic E-state index is 0.108. The van der Waals surface area contributed by atoms with Crippen LogP contribution in [-0.2, 0) is 14.3 Å². The number of benzene rings is 1. The van der Waals surface area contributed by atoms with Crippen LogP contribution < -0.4 is 0 Å². The molecule has 0 bridgehead atoms. The van der Waals surface area contributed by atoms with Gasteiger partial charge in [-0.1, -0.05) is 30.3 Å². The molecule has 1 aromatic carbocycles. The fraction of sp³-hybridized carbons (Fsp3) is 0.500. The predicted octanol–water partition coefficient (Wildman–Crippen LogP) is 2.39. The van der Waals surface area contributed by atoms with Crippen LogP contribution in [0.3, 0.4) is 0 Å². The van der Waals surface area contributed by atoms with Gasteiger partial charge in [-0.05, 0) is 12.5 Å². The topological polar surface area (TPSA) is 66.9 Å². The molecule has 6 heteroatoms. The van der Waals surface area contributed by atoms with E-state index in [9.17, 15) is 14.4 Å². The maximum Gasteiger partial charge on any atom is 0.410 e. The van der Waals surface area contributed by atoms with Gasteiger partial charge in [0.15, 0.2) is 0 Å². The van der Waals surface area contributed by atoms with Gasteiger partial charge in [0.05, 0.1) is 12.5 Å². The SMILES string of the molecule is C[C@H](CC=O)N(C)C(=O)C[C@H]1C[C@@H](c2ccccc2)N(C)C(=O)O1. The monoisotopic (exact) mass is 332 g/mol. The Morgan fingerprint density at radius 1 is 1.42 bits per heavy atom. The zero-order valence-corrected chi connectivity index (χ0v) is 14.3. The number of ether oxygens (including phenoxy) is 1. The molecule has 1 aliphatic rings. The fourth-order valence-electron chi connectivity index (χ4n) is 2.85. The third-order valence-corrected chi connectivity index (χ3v) is 4.59. The standard InChI is InChI=1S/C18H24N2O4/c1-13(9-10-21)19(2)17(22)12-15-11-16(20(3)18(23)24-15)14-7-5-4-6-8-14/h4-8,10,13,15-16H,9,11-12H2,1-3H3/t13-,15-,16+/m1/s1. The maximum absolute atomic E-state index is 12.4. The Morgan fingerprint density at radius 3 is 2.71 bits per heavy atom. The van der Waals surface area contributed by atoms with Crippen molar-refractivity contribution < 1.29 is 19.1 Å². The van der Waals surface area contributed by atoms with Crippen LogP contribution >= 0.6 is 0 Å². The Morgan fingerprint density at radius 2 is 2.08 bits per heavy atom. The van der Waals surface area contributed by atoms with Crippen molar-refractivity contribution in [3.63, 3.8) is 0 Å². The lowest BCUT2D eigenvalue weighted by atomic mass is 9.96. The molecule has 0 saturated carbocycles. The summed E-state index contributed by atoms with van der Waals surface area (Å²) in [5.41, 5.74) is 1.02. The third kappa shape index (κ3) is 4.13. The number of carbonyl (C=O) groups excluding carboxylic acids is 3. The molecule has 1 aromatic rings. The highest BCUT2D eigenvalue weighted by Crippen LogP contribution is 2.31. The van der Waals surface area contributed by atoms with Gasteiger partial charge in [0.1, 0.15) is 12.4 Å². The smallest absolute Gasteiger partial charge is 0.410 e. The van der Waals surface area contributed by atoms with E-state index in [1.54, 1.807) is 19.0 Å². The van der Waals surface area contributed by atoms with Gasteiger partial charge in [0, 0.05) is 33.0 Å². The molecule has 24 heavy (non-hydrogen) atoms. The summed E-state index contributed by atoms with van der Waals surface area (Å²) in [6, 6.07) is 9.45. The third-order valence-electron chi connectivity index (χ3n) is 4.59. The highest BCUT2D eigenvalue weighted by atomic mass is 16.6. The fourth-order valence-corrected chi connectivity index (χ4v) is 2.85. The number of carbonyl (C=O) groups is 3. The average Bonchev–Trinajstić information content (AvgIpc) is 2.58. The Bertz CT molecular complexity index is 590. The summed E-state index contributed by atoms with van der Waals surface area (Å²) in [7, 11) is 3.37. The predicted molar refractivity (Wildman–Crippen MR) is 89.4 cm³/mol. The van der Waals surface area contributed by atoms with E-state index in [1.165, 1.54) is 4.90 Å². The molecule has 0 unspecified atom stereocenters. The van der Waals surface area contributed by atoms with Crippen molar-refractivity contribution in [1.82, 2.24) is 9.80 Å². The maximum atomic E-state index is 12.4. The minimum atomic E-state index is -0.461. The number of rotatable bonds is 6. The van der Waals surface area contributed by atoms with Crippen LogP contribution in [-0.4, -0.2) is 54.3 Å². The summed E-state index contributed by atoms with van der Waals surface area (Å²) in [5.74, 6) is -0.126. The molecule has 1 saturated heterocycles. The molecule has 1 aliphatic heterocycles. The first kappa shape index (κ1) is 18.0. The van der Waals surface area contributed by atoms with Crippen molar-refractivity contribution in [2.45, 2.75) is 44.4 Å². The summed E-state index contributed by atoms with van der Waals surface area (Å²) in [6.45, 7) is 1.82. The molecule has 2 rings (SSSR count).